The molecule has 0 aromatic carbocycles. The van der Waals surface area contributed by atoms with E-state index in [2.05, 4.69) is 24.1 Å². The van der Waals surface area contributed by atoms with Crippen molar-refractivity contribution >= 4 is 5.97 Å². The normalized spacial score (nSPS) is 10.7. The Hall–Kier alpha value is -1.42. The largest absolute Gasteiger partial charge is 0.462 e. The highest BCUT2D eigenvalue weighted by atomic mass is 16.5. The van der Waals surface area contributed by atoms with Crippen molar-refractivity contribution in [2.45, 2.75) is 46.2 Å². The van der Waals surface area contributed by atoms with Crippen LogP contribution in [0.15, 0.2) is 18.3 Å². The van der Waals surface area contributed by atoms with E-state index >= 15 is 0 Å². The van der Waals surface area contributed by atoms with Crippen LogP contribution >= 0.6 is 0 Å². The van der Waals surface area contributed by atoms with Crippen LogP contribution in [0.2, 0.25) is 0 Å². The highest BCUT2D eigenvalue weighted by molar-refractivity contribution is 5.89. The predicted octanol–water partition coefficient (Wildman–Crippen LogP) is 2.54. The van der Waals surface area contributed by atoms with E-state index in [1.807, 2.05) is 0 Å². The van der Waals surface area contributed by atoms with Crippen LogP contribution in [0.1, 0.15) is 49.7 Å². The van der Waals surface area contributed by atoms with E-state index in [0.29, 0.717) is 24.8 Å². The average Bonchev–Trinajstić information content (AvgIpc) is 2.40. The number of pyridine rings is 1. The molecule has 0 aliphatic rings. The predicted molar refractivity (Wildman–Crippen MR) is 71.4 cm³/mol. The lowest BCUT2D eigenvalue weighted by Gasteiger charge is -2.14. The summed E-state index contributed by atoms with van der Waals surface area (Å²) in [5, 5.41) is 3.42. The molecule has 1 aromatic heterocycles. The number of carbonyl (C=O) groups excluding carboxylic acids is 1. The molecule has 1 aromatic rings. The smallest absolute Gasteiger partial charge is 0.338 e. The van der Waals surface area contributed by atoms with Crippen molar-refractivity contribution in [2.75, 3.05) is 6.61 Å². The third kappa shape index (κ3) is 4.45. The number of hydrogen-bond acceptors (Lipinski definition) is 4. The molecule has 100 valence electrons. The summed E-state index contributed by atoms with van der Waals surface area (Å²) in [6.07, 6.45) is 3.83. The average molecular weight is 250 g/mol. The van der Waals surface area contributed by atoms with Gasteiger partial charge in [-0.15, -0.1) is 0 Å². The van der Waals surface area contributed by atoms with Crippen molar-refractivity contribution in [1.29, 1.82) is 0 Å². The molecule has 0 atom stereocenters. The van der Waals surface area contributed by atoms with Crippen LogP contribution in [-0.2, 0) is 11.3 Å². The summed E-state index contributed by atoms with van der Waals surface area (Å²) in [6.45, 7) is 7.18. The summed E-state index contributed by atoms with van der Waals surface area (Å²) in [5.41, 5.74) is 1.43. The molecule has 0 radical (unpaired) electrons. The van der Waals surface area contributed by atoms with Crippen molar-refractivity contribution in [3.05, 3.63) is 29.6 Å². The monoisotopic (exact) mass is 250 g/mol. The van der Waals surface area contributed by atoms with Gasteiger partial charge in [0.05, 0.1) is 17.9 Å². The van der Waals surface area contributed by atoms with Crippen LogP contribution < -0.4 is 5.32 Å². The van der Waals surface area contributed by atoms with E-state index in [1.54, 1.807) is 25.3 Å². The molecule has 4 heteroatoms. The van der Waals surface area contributed by atoms with E-state index in [9.17, 15) is 4.79 Å². The number of ether oxygens (including phenoxy) is 1. The van der Waals surface area contributed by atoms with E-state index in [1.165, 1.54) is 0 Å². The van der Waals surface area contributed by atoms with Gasteiger partial charge in [0, 0.05) is 18.8 Å². The molecule has 0 saturated heterocycles. The summed E-state index contributed by atoms with van der Waals surface area (Å²) in [5.74, 6) is -0.288. The van der Waals surface area contributed by atoms with Gasteiger partial charge in [-0.2, -0.15) is 0 Å². The first-order valence-electron chi connectivity index (χ1n) is 6.56. The van der Waals surface area contributed by atoms with E-state index in [-0.39, 0.29) is 5.97 Å². The molecule has 0 saturated carbocycles. The third-order valence-electron chi connectivity index (χ3n) is 2.89. The van der Waals surface area contributed by atoms with Crippen molar-refractivity contribution < 1.29 is 9.53 Å². The number of carbonyl (C=O) groups is 1. The molecular formula is C14H22N2O2. The van der Waals surface area contributed by atoms with Gasteiger partial charge >= 0.3 is 5.97 Å². The van der Waals surface area contributed by atoms with Gasteiger partial charge in [0.25, 0.3) is 0 Å². The first-order valence-corrected chi connectivity index (χ1v) is 6.56. The molecule has 18 heavy (non-hydrogen) atoms. The molecule has 0 spiro atoms. The maximum atomic E-state index is 11.6. The van der Waals surface area contributed by atoms with Gasteiger partial charge in [-0.25, -0.2) is 4.79 Å². The minimum Gasteiger partial charge on any atom is -0.462 e. The summed E-state index contributed by atoms with van der Waals surface area (Å²) >= 11 is 0. The van der Waals surface area contributed by atoms with E-state index in [0.717, 1.165) is 18.5 Å². The minimum atomic E-state index is -0.288. The molecule has 0 aliphatic carbocycles. The van der Waals surface area contributed by atoms with Gasteiger partial charge in [0.2, 0.25) is 0 Å². The Balaban J connectivity index is 2.62. The van der Waals surface area contributed by atoms with E-state index in [4.69, 9.17) is 4.74 Å². The fraction of sp³-hybridized carbons (Fsp3) is 0.571. The van der Waals surface area contributed by atoms with Crippen LogP contribution in [-0.4, -0.2) is 23.6 Å². The summed E-state index contributed by atoms with van der Waals surface area (Å²) in [4.78, 5) is 15.8. The van der Waals surface area contributed by atoms with E-state index < -0.39 is 0 Å². The fourth-order valence-electron chi connectivity index (χ4n) is 1.74. The van der Waals surface area contributed by atoms with Gasteiger partial charge in [0.1, 0.15) is 0 Å². The minimum absolute atomic E-state index is 0.288. The second-order valence-electron chi connectivity index (χ2n) is 4.15. The molecule has 0 amide bonds. The van der Waals surface area contributed by atoms with Gasteiger partial charge in [-0.3, -0.25) is 4.98 Å². The van der Waals surface area contributed by atoms with Gasteiger partial charge < -0.3 is 10.1 Å². The topological polar surface area (TPSA) is 51.2 Å². The number of nitrogens with zero attached hydrogens (tertiary/aromatic N) is 1. The number of hydrogen-bond donors (Lipinski definition) is 1. The highest BCUT2D eigenvalue weighted by Crippen LogP contribution is 2.05. The lowest BCUT2D eigenvalue weighted by molar-refractivity contribution is 0.0526. The van der Waals surface area contributed by atoms with Crippen molar-refractivity contribution in [3.63, 3.8) is 0 Å². The van der Waals surface area contributed by atoms with Gasteiger partial charge in [-0.1, -0.05) is 13.8 Å². The maximum Gasteiger partial charge on any atom is 0.338 e. The second kappa shape index (κ2) is 7.82. The summed E-state index contributed by atoms with van der Waals surface area (Å²) in [6, 6.07) is 3.96. The first kappa shape index (κ1) is 14.6. The fourth-order valence-corrected chi connectivity index (χ4v) is 1.74. The van der Waals surface area contributed by atoms with Crippen molar-refractivity contribution in [3.8, 4) is 0 Å². The number of nitrogens with one attached hydrogen (secondary N) is 1. The van der Waals surface area contributed by atoms with Crippen LogP contribution in [0.25, 0.3) is 0 Å². The molecule has 4 nitrogen and oxygen atoms in total. The van der Waals surface area contributed by atoms with Crippen LogP contribution in [0, 0.1) is 0 Å². The zero-order valence-corrected chi connectivity index (χ0v) is 11.4. The van der Waals surface area contributed by atoms with Crippen LogP contribution in [0.4, 0.5) is 0 Å². The Morgan fingerprint density at radius 3 is 2.72 bits per heavy atom. The number of rotatable bonds is 7. The van der Waals surface area contributed by atoms with Crippen molar-refractivity contribution in [2.24, 2.45) is 0 Å². The molecule has 0 fully saturated rings. The summed E-state index contributed by atoms with van der Waals surface area (Å²) in [7, 11) is 0. The molecule has 0 aliphatic heterocycles. The number of esters is 1. The Labute approximate surface area is 109 Å². The van der Waals surface area contributed by atoms with Crippen LogP contribution in [0.3, 0.4) is 0 Å². The molecule has 1 rings (SSSR count). The molecule has 1 heterocycles. The highest BCUT2D eigenvalue weighted by Gasteiger charge is 2.08. The second-order valence-corrected chi connectivity index (χ2v) is 4.15. The quantitative estimate of drug-likeness (QED) is 0.756. The molecule has 0 unspecified atom stereocenters. The Morgan fingerprint density at radius 2 is 2.11 bits per heavy atom. The molecular weight excluding hydrogens is 228 g/mol. The zero-order chi connectivity index (χ0) is 13.4. The maximum absolute atomic E-state index is 11.6. The SMILES string of the molecule is CCOC(=O)c1ccnc(CNC(CC)CC)c1. The van der Waals surface area contributed by atoms with Gasteiger partial charge in [-0.05, 0) is 31.9 Å². The first-order chi connectivity index (χ1) is 8.71. The molecule has 1 N–H and O–H groups in total. The lowest BCUT2D eigenvalue weighted by Crippen LogP contribution is -2.27. The Bertz CT molecular complexity index is 376. The van der Waals surface area contributed by atoms with Gasteiger partial charge in [0.15, 0.2) is 0 Å². The zero-order valence-electron chi connectivity index (χ0n) is 11.4. The number of aromatic nitrogens is 1. The lowest BCUT2D eigenvalue weighted by atomic mass is 10.1. The van der Waals surface area contributed by atoms with Crippen molar-refractivity contribution in [1.82, 2.24) is 10.3 Å². The standard InChI is InChI=1S/C14H22N2O2/c1-4-12(5-2)16-10-13-9-11(7-8-15-13)14(17)18-6-3/h7-9,12,16H,4-6,10H2,1-3H3. The summed E-state index contributed by atoms with van der Waals surface area (Å²) < 4.78 is 4.96. The molecule has 0 bridgehead atoms. The Kier molecular flexibility index (Phi) is 6.36. The van der Waals surface area contributed by atoms with Crippen LogP contribution in [0.5, 0.6) is 0 Å². The third-order valence-corrected chi connectivity index (χ3v) is 2.89. The Morgan fingerprint density at radius 1 is 1.39 bits per heavy atom.